The van der Waals surface area contributed by atoms with Gasteiger partial charge in [0.1, 0.15) is 17.1 Å². The lowest BCUT2D eigenvalue weighted by Crippen LogP contribution is -2.06. The molecule has 1 aromatic heterocycles. The summed E-state index contributed by atoms with van der Waals surface area (Å²) in [7, 11) is 1.59. The number of hydrogen-bond donors (Lipinski definition) is 1. The van der Waals surface area contributed by atoms with Crippen LogP contribution in [0.15, 0.2) is 28.8 Å². The molecule has 2 N–H and O–H groups in total. The van der Waals surface area contributed by atoms with E-state index in [0.717, 1.165) is 5.56 Å². The topological polar surface area (TPSA) is 70.5 Å². The quantitative estimate of drug-likeness (QED) is 0.900. The fourth-order valence-electron chi connectivity index (χ4n) is 1.68. The Bertz CT molecular complexity index is 535. The third-order valence-electron chi connectivity index (χ3n) is 2.35. The fourth-order valence-corrected chi connectivity index (χ4v) is 1.68. The standard InChI is InChI=1S/C13H16N2O3/c1-8(2)17-10-6-4-5-9(16-3)13(10)11-7-12(14)15-18-11/h4-8H,1-3H3,(H2,14,15). The molecule has 0 radical (unpaired) electrons. The number of nitrogens with zero attached hydrogens (tertiary/aromatic N) is 1. The number of aromatic nitrogens is 1. The van der Waals surface area contributed by atoms with Gasteiger partial charge in [0, 0.05) is 6.07 Å². The number of anilines is 1. The fraction of sp³-hybridized carbons (Fsp3) is 0.308. The van der Waals surface area contributed by atoms with Crippen molar-refractivity contribution in [3.8, 4) is 22.8 Å². The molecule has 2 aromatic rings. The van der Waals surface area contributed by atoms with Crippen molar-refractivity contribution in [2.24, 2.45) is 0 Å². The summed E-state index contributed by atoms with van der Waals surface area (Å²) in [6.45, 7) is 3.91. The van der Waals surface area contributed by atoms with Crippen LogP contribution in [0.1, 0.15) is 13.8 Å². The Kier molecular flexibility index (Phi) is 3.41. The van der Waals surface area contributed by atoms with Gasteiger partial charge < -0.3 is 19.7 Å². The van der Waals surface area contributed by atoms with E-state index in [0.29, 0.717) is 23.1 Å². The minimum atomic E-state index is 0.0520. The molecule has 0 unspecified atom stereocenters. The van der Waals surface area contributed by atoms with E-state index in [-0.39, 0.29) is 6.10 Å². The highest BCUT2D eigenvalue weighted by atomic mass is 16.5. The summed E-state index contributed by atoms with van der Waals surface area (Å²) in [6, 6.07) is 7.20. The first kappa shape index (κ1) is 12.3. The third-order valence-corrected chi connectivity index (χ3v) is 2.35. The van der Waals surface area contributed by atoms with Crippen molar-refractivity contribution in [3.63, 3.8) is 0 Å². The number of nitrogens with two attached hydrogens (primary N) is 1. The van der Waals surface area contributed by atoms with Crippen LogP contribution in [0, 0.1) is 0 Å². The van der Waals surface area contributed by atoms with E-state index >= 15 is 0 Å². The molecule has 0 aliphatic heterocycles. The molecule has 5 nitrogen and oxygen atoms in total. The molecular formula is C13H16N2O3. The Morgan fingerprint density at radius 3 is 2.56 bits per heavy atom. The van der Waals surface area contributed by atoms with Gasteiger partial charge in [0.15, 0.2) is 11.6 Å². The molecule has 2 rings (SSSR count). The van der Waals surface area contributed by atoms with Crippen LogP contribution in [0.4, 0.5) is 5.82 Å². The summed E-state index contributed by atoms with van der Waals surface area (Å²) in [5, 5.41) is 3.68. The van der Waals surface area contributed by atoms with Crippen molar-refractivity contribution in [2.75, 3.05) is 12.8 Å². The van der Waals surface area contributed by atoms with E-state index in [4.69, 9.17) is 19.7 Å². The molecule has 0 amide bonds. The van der Waals surface area contributed by atoms with Gasteiger partial charge in [-0.2, -0.15) is 0 Å². The molecule has 0 saturated carbocycles. The minimum absolute atomic E-state index is 0.0520. The lowest BCUT2D eigenvalue weighted by atomic mass is 10.1. The van der Waals surface area contributed by atoms with E-state index in [1.54, 1.807) is 13.2 Å². The average molecular weight is 248 g/mol. The smallest absolute Gasteiger partial charge is 0.176 e. The average Bonchev–Trinajstić information content (AvgIpc) is 2.74. The first-order chi connectivity index (χ1) is 8.61. The number of benzene rings is 1. The van der Waals surface area contributed by atoms with Crippen LogP contribution in [0.3, 0.4) is 0 Å². The first-order valence-electron chi connectivity index (χ1n) is 5.68. The monoisotopic (exact) mass is 248 g/mol. The van der Waals surface area contributed by atoms with Gasteiger partial charge in [0.2, 0.25) is 0 Å². The Morgan fingerprint density at radius 2 is 2.00 bits per heavy atom. The van der Waals surface area contributed by atoms with Crippen LogP contribution in [0.2, 0.25) is 0 Å². The van der Waals surface area contributed by atoms with Gasteiger partial charge in [0.25, 0.3) is 0 Å². The predicted octanol–water partition coefficient (Wildman–Crippen LogP) is 2.72. The molecule has 96 valence electrons. The Morgan fingerprint density at radius 1 is 1.28 bits per heavy atom. The maximum atomic E-state index is 5.74. The summed E-state index contributed by atoms with van der Waals surface area (Å²) in [5.41, 5.74) is 6.29. The van der Waals surface area contributed by atoms with Gasteiger partial charge in [-0.05, 0) is 26.0 Å². The van der Waals surface area contributed by atoms with Crippen LogP contribution in [-0.4, -0.2) is 18.4 Å². The van der Waals surface area contributed by atoms with E-state index in [9.17, 15) is 0 Å². The molecule has 5 heteroatoms. The normalized spacial score (nSPS) is 10.7. The molecule has 0 bridgehead atoms. The van der Waals surface area contributed by atoms with E-state index < -0.39 is 0 Å². The molecule has 0 fully saturated rings. The molecule has 0 aliphatic rings. The van der Waals surface area contributed by atoms with Gasteiger partial charge in [-0.1, -0.05) is 11.2 Å². The largest absolute Gasteiger partial charge is 0.496 e. The summed E-state index contributed by atoms with van der Waals surface area (Å²) in [6.07, 6.45) is 0.0520. The number of hydrogen-bond acceptors (Lipinski definition) is 5. The van der Waals surface area contributed by atoms with Crippen LogP contribution in [-0.2, 0) is 0 Å². The van der Waals surface area contributed by atoms with Gasteiger partial charge in [-0.3, -0.25) is 0 Å². The lowest BCUT2D eigenvalue weighted by molar-refractivity contribution is 0.241. The molecule has 0 spiro atoms. The SMILES string of the molecule is COc1cccc(OC(C)C)c1-c1cc(N)no1. The van der Waals surface area contributed by atoms with Crippen molar-refractivity contribution in [1.29, 1.82) is 0 Å². The Hall–Kier alpha value is -2.17. The lowest BCUT2D eigenvalue weighted by Gasteiger charge is -2.15. The van der Waals surface area contributed by atoms with Crippen LogP contribution in [0.25, 0.3) is 11.3 Å². The molecular weight excluding hydrogens is 232 g/mol. The number of rotatable bonds is 4. The minimum Gasteiger partial charge on any atom is -0.496 e. The van der Waals surface area contributed by atoms with E-state index in [2.05, 4.69) is 5.16 Å². The number of ether oxygens (including phenoxy) is 2. The second-order valence-electron chi connectivity index (χ2n) is 4.12. The van der Waals surface area contributed by atoms with Crippen molar-refractivity contribution in [3.05, 3.63) is 24.3 Å². The molecule has 0 atom stereocenters. The summed E-state index contributed by atoms with van der Waals surface area (Å²) < 4.78 is 16.2. The Labute approximate surface area is 105 Å². The number of nitrogen functional groups attached to an aromatic ring is 1. The summed E-state index contributed by atoms with van der Waals surface area (Å²) >= 11 is 0. The van der Waals surface area contributed by atoms with Crippen LogP contribution < -0.4 is 15.2 Å². The predicted molar refractivity (Wildman–Crippen MR) is 68.7 cm³/mol. The molecule has 1 heterocycles. The highest BCUT2D eigenvalue weighted by molar-refractivity contribution is 5.74. The van der Waals surface area contributed by atoms with Gasteiger partial charge in [0.05, 0.1) is 13.2 Å². The molecule has 0 saturated heterocycles. The molecule has 1 aromatic carbocycles. The second kappa shape index (κ2) is 5.00. The highest BCUT2D eigenvalue weighted by Gasteiger charge is 2.17. The number of methoxy groups -OCH3 is 1. The Balaban J connectivity index is 2.54. The van der Waals surface area contributed by atoms with E-state index in [1.807, 2.05) is 32.0 Å². The van der Waals surface area contributed by atoms with Crippen LogP contribution >= 0.6 is 0 Å². The molecule has 18 heavy (non-hydrogen) atoms. The maximum absolute atomic E-state index is 5.74. The molecule has 0 aliphatic carbocycles. The second-order valence-corrected chi connectivity index (χ2v) is 4.12. The zero-order chi connectivity index (χ0) is 13.1. The summed E-state index contributed by atoms with van der Waals surface area (Å²) in [5.74, 6) is 2.19. The zero-order valence-corrected chi connectivity index (χ0v) is 10.6. The van der Waals surface area contributed by atoms with Crippen molar-refractivity contribution >= 4 is 5.82 Å². The highest BCUT2D eigenvalue weighted by Crippen LogP contribution is 2.39. The third kappa shape index (κ3) is 2.40. The van der Waals surface area contributed by atoms with Crippen molar-refractivity contribution < 1.29 is 14.0 Å². The van der Waals surface area contributed by atoms with Gasteiger partial charge >= 0.3 is 0 Å². The van der Waals surface area contributed by atoms with Gasteiger partial charge in [-0.15, -0.1) is 0 Å². The van der Waals surface area contributed by atoms with Gasteiger partial charge in [-0.25, -0.2) is 0 Å². The summed E-state index contributed by atoms with van der Waals surface area (Å²) in [4.78, 5) is 0. The first-order valence-corrected chi connectivity index (χ1v) is 5.68. The maximum Gasteiger partial charge on any atom is 0.176 e. The van der Waals surface area contributed by atoms with Crippen molar-refractivity contribution in [2.45, 2.75) is 20.0 Å². The zero-order valence-electron chi connectivity index (χ0n) is 10.6. The van der Waals surface area contributed by atoms with Crippen molar-refractivity contribution in [1.82, 2.24) is 5.16 Å². The van der Waals surface area contributed by atoms with Crippen LogP contribution in [0.5, 0.6) is 11.5 Å². The van der Waals surface area contributed by atoms with E-state index in [1.165, 1.54) is 0 Å².